The Bertz CT molecular complexity index is 1170. The van der Waals surface area contributed by atoms with Gasteiger partial charge in [-0.05, 0) is 55.2 Å². The topological polar surface area (TPSA) is 58.2 Å². The third-order valence-electron chi connectivity index (χ3n) is 5.05. The Labute approximate surface area is 186 Å². The Morgan fingerprint density at radius 2 is 1.44 bits per heavy atom. The first-order valence-corrected chi connectivity index (χ1v) is 11.5. The SMILES string of the molecule is Cc1cc(C)c(S(=O)(=O)NC(CNc2cccc(-c3ccccc3)c2)C(F)(F)F)c(C)c1. The molecule has 0 amide bonds. The highest BCUT2D eigenvalue weighted by Crippen LogP contribution is 2.27. The largest absolute Gasteiger partial charge is 0.406 e. The van der Waals surface area contributed by atoms with E-state index >= 15 is 0 Å². The van der Waals surface area contributed by atoms with Gasteiger partial charge in [-0.25, -0.2) is 8.42 Å². The van der Waals surface area contributed by atoms with Crippen molar-refractivity contribution in [3.8, 4) is 11.1 Å². The number of aryl methyl sites for hydroxylation is 3. The molecule has 0 aliphatic heterocycles. The second-order valence-electron chi connectivity index (χ2n) is 7.77. The average molecular weight is 463 g/mol. The molecule has 3 aromatic carbocycles. The molecule has 0 aliphatic rings. The molecule has 0 heterocycles. The number of alkyl halides is 3. The van der Waals surface area contributed by atoms with Crippen LogP contribution in [0, 0.1) is 20.8 Å². The highest BCUT2D eigenvalue weighted by Gasteiger charge is 2.42. The fourth-order valence-corrected chi connectivity index (χ4v) is 5.40. The fourth-order valence-electron chi connectivity index (χ4n) is 3.72. The number of hydrogen-bond acceptors (Lipinski definition) is 3. The van der Waals surface area contributed by atoms with E-state index in [-0.39, 0.29) is 4.90 Å². The second-order valence-corrected chi connectivity index (χ2v) is 9.42. The highest BCUT2D eigenvalue weighted by molar-refractivity contribution is 7.89. The van der Waals surface area contributed by atoms with Gasteiger partial charge in [-0.3, -0.25) is 0 Å². The molecular formula is C24H25F3N2O2S. The molecule has 4 nitrogen and oxygen atoms in total. The second kappa shape index (κ2) is 9.34. The summed E-state index contributed by atoms with van der Waals surface area (Å²) in [5.41, 5.74) is 3.87. The molecule has 0 radical (unpaired) electrons. The molecule has 0 aromatic heterocycles. The molecule has 0 spiro atoms. The summed E-state index contributed by atoms with van der Waals surface area (Å²) >= 11 is 0. The van der Waals surface area contributed by atoms with Crippen molar-refractivity contribution < 1.29 is 21.6 Å². The van der Waals surface area contributed by atoms with Gasteiger partial charge >= 0.3 is 6.18 Å². The molecule has 32 heavy (non-hydrogen) atoms. The number of anilines is 1. The zero-order chi connectivity index (χ0) is 23.5. The smallest absolute Gasteiger partial charge is 0.383 e. The Morgan fingerprint density at radius 3 is 2.03 bits per heavy atom. The van der Waals surface area contributed by atoms with Crippen molar-refractivity contribution in [1.29, 1.82) is 0 Å². The number of hydrogen-bond donors (Lipinski definition) is 2. The first-order valence-electron chi connectivity index (χ1n) is 10.0. The van der Waals surface area contributed by atoms with Gasteiger partial charge in [-0.2, -0.15) is 17.9 Å². The predicted octanol–water partition coefficient (Wildman–Crippen LogP) is 5.60. The van der Waals surface area contributed by atoms with Crippen LogP contribution in [0.5, 0.6) is 0 Å². The van der Waals surface area contributed by atoms with Crippen molar-refractivity contribution in [2.75, 3.05) is 11.9 Å². The van der Waals surface area contributed by atoms with E-state index in [4.69, 9.17) is 0 Å². The van der Waals surface area contributed by atoms with Gasteiger partial charge in [0.2, 0.25) is 10.0 Å². The summed E-state index contributed by atoms with van der Waals surface area (Å²) in [6, 6.07) is 17.4. The lowest BCUT2D eigenvalue weighted by atomic mass is 10.1. The summed E-state index contributed by atoms with van der Waals surface area (Å²) < 4.78 is 68.7. The third kappa shape index (κ3) is 5.69. The highest BCUT2D eigenvalue weighted by atomic mass is 32.2. The van der Waals surface area contributed by atoms with Gasteiger partial charge < -0.3 is 5.32 Å². The maximum absolute atomic E-state index is 13.7. The summed E-state index contributed by atoms with van der Waals surface area (Å²) in [6.07, 6.45) is -4.77. The van der Waals surface area contributed by atoms with E-state index in [0.717, 1.165) is 16.7 Å². The van der Waals surface area contributed by atoms with Gasteiger partial charge in [-0.1, -0.05) is 60.2 Å². The maximum Gasteiger partial charge on any atom is 0.406 e. The van der Waals surface area contributed by atoms with E-state index in [1.807, 2.05) is 41.1 Å². The first kappa shape index (κ1) is 23.8. The molecule has 0 aliphatic carbocycles. The summed E-state index contributed by atoms with van der Waals surface area (Å²) in [5, 5.41) is 2.73. The third-order valence-corrected chi connectivity index (χ3v) is 6.82. The van der Waals surface area contributed by atoms with Crippen LogP contribution in [0.1, 0.15) is 16.7 Å². The minimum Gasteiger partial charge on any atom is -0.383 e. The van der Waals surface area contributed by atoms with Crippen LogP contribution in [0.3, 0.4) is 0 Å². The summed E-state index contributed by atoms with van der Waals surface area (Å²) in [4.78, 5) is -0.122. The van der Waals surface area contributed by atoms with E-state index in [9.17, 15) is 21.6 Å². The minimum absolute atomic E-state index is 0.122. The molecule has 1 atom stereocenters. The summed E-state index contributed by atoms with van der Waals surface area (Å²) in [5.74, 6) is 0. The number of rotatable bonds is 7. The van der Waals surface area contributed by atoms with Crippen molar-refractivity contribution in [3.05, 3.63) is 83.4 Å². The van der Waals surface area contributed by atoms with Crippen molar-refractivity contribution >= 4 is 15.7 Å². The molecule has 0 fully saturated rings. The van der Waals surface area contributed by atoms with Crippen LogP contribution in [0.4, 0.5) is 18.9 Å². The monoisotopic (exact) mass is 462 g/mol. The number of halogens is 3. The van der Waals surface area contributed by atoms with Gasteiger partial charge in [0.1, 0.15) is 6.04 Å². The van der Waals surface area contributed by atoms with Crippen LogP contribution in [0.15, 0.2) is 71.6 Å². The van der Waals surface area contributed by atoms with Gasteiger partial charge in [0.15, 0.2) is 0 Å². The lowest BCUT2D eigenvalue weighted by Crippen LogP contribution is -2.49. The number of sulfonamides is 1. The van der Waals surface area contributed by atoms with Gasteiger partial charge in [0.25, 0.3) is 0 Å². The molecule has 3 aromatic rings. The molecule has 2 N–H and O–H groups in total. The van der Waals surface area contributed by atoms with Crippen molar-refractivity contribution in [2.24, 2.45) is 0 Å². The quantitative estimate of drug-likeness (QED) is 0.481. The van der Waals surface area contributed by atoms with Crippen LogP contribution < -0.4 is 10.0 Å². The average Bonchev–Trinajstić information content (AvgIpc) is 2.70. The molecule has 1 unspecified atom stereocenters. The van der Waals surface area contributed by atoms with Crippen LogP contribution in [-0.4, -0.2) is 27.2 Å². The van der Waals surface area contributed by atoms with Crippen molar-refractivity contribution in [1.82, 2.24) is 4.72 Å². The Balaban J connectivity index is 1.82. The summed E-state index contributed by atoms with van der Waals surface area (Å²) in [6.45, 7) is 4.30. The molecule has 3 rings (SSSR count). The normalized spacial score (nSPS) is 13.1. The molecule has 0 saturated carbocycles. The van der Waals surface area contributed by atoms with Crippen LogP contribution in [0.25, 0.3) is 11.1 Å². The van der Waals surface area contributed by atoms with E-state index in [1.54, 1.807) is 51.1 Å². The zero-order valence-electron chi connectivity index (χ0n) is 18.0. The molecule has 0 bridgehead atoms. The zero-order valence-corrected chi connectivity index (χ0v) is 18.8. The van der Waals surface area contributed by atoms with E-state index in [0.29, 0.717) is 16.8 Å². The first-order chi connectivity index (χ1) is 15.0. The Morgan fingerprint density at radius 1 is 0.844 bits per heavy atom. The van der Waals surface area contributed by atoms with Gasteiger partial charge in [0, 0.05) is 12.2 Å². The molecule has 0 saturated heterocycles. The van der Waals surface area contributed by atoms with E-state index in [2.05, 4.69) is 5.32 Å². The van der Waals surface area contributed by atoms with E-state index < -0.39 is 28.8 Å². The number of benzene rings is 3. The van der Waals surface area contributed by atoms with Crippen LogP contribution in [0.2, 0.25) is 0 Å². The van der Waals surface area contributed by atoms with Crippen molar-refractivity contribution in [2.45, 2.75) is 37.9 Å². The minimum atomic E-state index is -4.77. The van der Waals surface area contributed by atoms with E-state index in [1.165, 1.54) is 0 Å². The predicted molar refractivity (Wildman–Crippen MR) is 121 cm³/mol. The molecule has 170 valence electrons. The van der Waals surface area contributed by atoms with Crippen molar-refractivity contribution in [3.63, 3.8) is 0 Å². The fraction of sp³-hybridized carbons (Fsp3) is 0.250. The van der Waals surface area contributed by atoms with Gasteiger partial charge in [0.05, 0.1) is 4.90 Å². The van der Waals surface area contributed by atoms with Crippen LogP contribution in [-0.2, 0) is 10.0 Å². The Hall–Kier alpha value is -2.84. The maximum atomic E-state index is 13.7. The van der Waals surface area contributed by atoms with Gasteiger partial charge in [-0.15, -0.1) is 0 Å². The lowest BCUT2D eigenvalue weighted by Gasteiger charge is -2.24. The standard InChI is InChI=1S/C24H25F3N2O2S/c1-16-12-17(2)23(18(3)13-16)32(30,31)29-22(24(25,26)27)15-28-21-11-7-10-20(14-21)19-8-5-4-6-9-19/h4-14,22,28-29H,15H2,1-3H3. The van der Waals surface area contributed by atoms with Crippen LogP contribution >= 0.6 is 0 Å². The lowest BCUT2D eigenvalue weighted by molar-refractivity contribution is -0.148. The summed E-state index contributed by atoms with van der Waals surface area (Å²) in [7, 11) is -4.39. The molecular weight excluding hydrogens is 437 g/mol. The molecule has 8 heteroatoms. The number of nitrogens with one attached hydrogen (secondary N) is 2. The Kier molecular flexibility index (Phi) is 6.95.